The van der Waals surface area contributed by atoms with Gasteiger partial charge in [0.05, 0.1) is 6.54 Å². The monoisotopic (exact) mass is 371 g/mol. The molecule has 0 atom stereocenters. The van der Waals surface area contributed by atoms with Crippen LogP contribution >= 0.6 is 0 Å². The van der Waals surface area contributed by atoms with E-state index >= 15 is 0 Å². The number of para-hydroxylation sites is 1. The average molecular weight is 372 g/mol. The maximum Gasteiger partial charge on any atom is 0.238 e. The van der Waals surface area contributed by atoms with Crippen LogP contribution in [0.1, 0.15) is 51.0 Å². The highest BCUT2D eigenvalue weighted by Gasteiger charge is 2.25. The number of carbonyl (C=O) groups is 2. The van der Waals surface area contributed by atoms with Gasteiger partial charge in [-0.3, -0.25) is 14.5 Å². The van der Waals surface area contributed by atoms with Crippen LogP contribution in [0, 0.1) is 5.92 Å². The summed E-state index contributed by atoms with van der Waals surface area (Å²) in [5.74, 6) is 0.925. The molecular weight excluding hydrogens is 338 g/mol. The van der Waals surface area contributed by atoms with Crippen molar-refractivity contribution in [1.82, 2.24) is 9.80 Å². The van der Waals surface area contributed by atoms with Crippen molar-refractivity contribution in [1.29, 1.82) is 0 Å². The van der Waals surface area contributed by atoms with E-state index in [1.54, 1.807) is 0 Å². The molecule has 148 valence electrons. The Bertz CT molecular complexity index is 632. The lowest BCUT2D eigenvalue weighted by atomic mass is 9.86. The Morgan fingerprint density at radius 2 is 1.74 bits per heavy atom. The Kier molecular flexibility index (Phi) is 7.27. The van der Waals surface area contributed by atoms with Gasteiger partial charge in [-0.05, 0) is 36.8 Å². The van der Waals surface area contributed by atoms with Gasteiger partial charge in [-0.15, -0.1) is 0 Å². The quantitative estimate of drug-likeness (QED) is 0.835. The van der Waals surface area contributed by atoms with E-state index in [0.717, 1.165) is 43.9 Å². The first-order valence-electron chi connectivity index (χ1n) is 10.5. The molecule has 2 amide bonds. The molecule has 0 unspecified atom stereocenters. The fraction of sp³-hybridized carbons (Fsp3) is 0.636. The van der Waals surface area contributed by atoms with Crippen molar-refractivity contribution in [3.63, 3.8) is 0 Å². The molecule has 1 aliphatic heterocycles. The molecule has 0 spiro atoms. The third kappa shape index (κ3) is 5.80. The Morgan fingerprint density at radius 1 is 1.04 bits per heavy atom. The second-order valence-electron chi connectivity index (χ2n) is 7.92. The van der Waals surface area contributed by atoms with Gasteiger partial charge in [-0.2, -0.15) is 0 Å². The highest BCUT2D eigenvalue weighted by molar-refractivity contribution is 5.93. The van der Waals surface area contributed by atoms with Gasteiger partial charge < -0.3 is 10.2 Å². The predicted octanol–water partition coefficient (Wildman–Crippen LogP) is 3.30. The standard InChI is InChI=1S/C22H33N3O2/c1-2-19-10-6-7-11-20(19)23-21(26)17-24-12-14-25(15-13-24)22(27)16-18-8-4-3-5-9-18/h6-7,10-11,18H,2-5,8-9,12-17H2,1H3,(H,23,26). The van der Waals surface area contributed by atoms with Gasteiger partial charge in [0.2, 0.25) is 11.8 Å². The minimum absolute atomic E-state index is 0.0258. The fourth-order valence-electron chi connectivity index (χ4n) is 4.27. The van der Waals surface area contributed by atoms with E-state index in [1.807, 2.05) is 29.2 Å². The van der Waals surface area contributed by atoms with Gasteiger partial charge in [0.25, 0.3) is 0 Å². The molecule has 0 radical (unpaired) electrons. The first-order chi connectivity index (χ1) is 13.2. The van der Waals surface area contributed by atoms with Crippen LogP contribution in [-0.2, 0) is 16.0 Å². The molecule has 2 fully saturated rings. The predicted molar refractivity (Wildman–Crippen MR) is 109 cm³/mol. The second kappa shape index (κ2) is 9.88. The summed E-state index contributed by atoms with van der Waals surface area (Å²) in [6.45, 7) is 5.52. The molecule has 0 bridgehead atoms. The van der Waals surface area contributed by atoms with Crippen LogP contribution in [0.15, 0.2) is 24.3 Å². The average Bonchev–Trinajstić information content (AvgIpc) is 2.69. The molecule has 0 aromatic heterocycles. The number of hydrogen-bond donors (Lipinski definition) is 1. The summed E-state index contributed by atoms with van der Waals surface area (Å²) in [6, 6.07) is 7.95. The van der Waals surface area contributed by atoms with Gasteiger partial charge >= 0.3 is 0 Å². The number of anilines is 1. The second-order valence-corrected chi connectivity index (χ2v) is 7.92. The first kappa shape index (κ1) is 19.9. The minimum atomic E-state index is 0.0258. The molecule has 5 heteroatoms. The Balaban J connectivity index is 1.41. The number of aryl methyl sites for hydroxylation is 1. The summed E-state index contributed by atoms with van der Waals surface area (Å²) in [6.07, 6.45) is 7.93. The fourth-order valence-corrected chi connectivity index (χ4v) is 4.27. The van der Waals surface area contributed by atoms with Crippen LogP contribution < -0.4 is 5.32 Å². The van der Waals surface area contributed by atoms with Crippen LogP contribution in [0.2, 0.25) is 0 Å². The molecule has 1 aliphatic carbocycles. The number of amides is 2. The highest BCUT2D eigenvalue weighted by atomic mass is 16.2. The van der Waals surface area contributed by atoms with Crippen molar-refractivity contribution in [3.8, 4) is 0 Å². The Morgan fingerprint density at radius 3 is 2.44 bits per heavy atom. The number of nitrogens with one attached hydrogen (secondary N) is 1. The molecule has 1 saturated carbocycles. The van der Waals surface area contributed by atoms with Gasteiger partial charge in [0, 0.05) is 38.3 Å². The molecule has 1 aromatic rings. The normalized spacial score (nSPS) is 19.1. The maximum atomic E-state index is 12.5. The van der Waals surface area contributed by atoms with Crippen molar-refractivity contribution in [2.24, 2.45) is 5.92 Å². The van der Waals surface area contributed by atoms with E-state index in [-0.39, 0.29) is 5.91 Å². The molecule has 1 saturated heterocycles. The topological polar surface area (TPSA) is 52.7 Å². The van der Waals surface area contributed by atoms with Crippen molar-refractivity contribution >= 4 is 17.5 Å². The van der Waals surface area contributed by atoms with Crippen LogP contribution in [0.25, 0.3) is 0 Å². The van der Waals surface area contributed by atoms with Gasteiger partial charge in [-0.1, -0.05) is 44.4 Å². The van der Waals surface area contributed by atoms with Gasteiger partial charge in [0.1, 0.15) is 0 Å². The van der Waals surface area contributed by atoms with Crippen molar-refractivity contribution in [2.75, 3.05) is 38.0 Å². The summed E-state index contributed by atoms with van der Waals surface area (Å²) in [5.41, 5.74) is 2.07. The van der Waals surface area contributed by atoms with Crippen molar-refractivity contribution in [3.05, 3.63) is 29.8 Å². The zero-order chi connectivity index (χ0) is 19.1. The SMILES string of the molecule is CCc1ccccc1NC(=O)CN1CCN(C(=O)CC2CCCCC2)CC1. The van der Waals surface area contributed by atoms with E-state index in [9.17, 15) is 9.59 Å². The zero-order valence-electron chi connectivity index (χ0n) is 16.6. The van der Waals surface area contributed by atoms with E-state index in [4.69, 9.17) is 0 Å². The molecule has 1 N–H and O–H groups in total. The van der Waals surface area contributed by atoms with E-state index < -0.39 is 0 Å². The summed E-state index contributed by atoms with van der Waals surface area (Å²) in [7, 11) is 0. The highest BCUT2D eigenvalue weighted by Crippen LogP contribution is 2.27. The Hall–Kier alpha value is -1.88. The van der Waals surface area contributed by atoms with Gasteiger partial charge in [-0.25, -0.2) is 0 Å². The van der Waals surface area contributed by atoms with Crippen molar-refractivity contribution < 1.29 is 9.59 Å². The molecule has 1 heterocycles. The lowest BCUT2D eigenvalue weighted by Gasteiger charge is -2.35. The summed E-state index contributed by atoms with van der Waals surface area (Å²) in [4.78, 5) is 29.1. The first-order valence-corrected chi connectivity index (χ1v) is 10.5. The van der Waals surface area contributed by atoms with E-state index in [0.29, 0.717) is 24.8 Å². The van der Waals surface area contributed by atoms with Crippen molar-refractivity contribution in [2.45, 2.75) is 51.9 Å². The summed E-state index contributed by atoms with van der Waals surface area (Å²) in [5, 5.41) is 3.04. The van der Waals surface area contributed by atoms with Gasteiger partial charge in [0.15, 0.2) is 0 Å². The van der Waals surface area contributed by atoms with Crippen LogP contribution in [0.4, 0.5) is 5.69 Å². The van der Waals surface area contributed by atoms with E-state index in [2.05, 4.69) is 17.1 Å². The molecule has 3 rings (SSSR count). The number of hydrogen-bond acceptors (Lipinski definition) is 3. The number of carbonyl (C=O) groups excluding carboxylic acids is 2. The number of nitrogens with zero attached hydrogens (tertiary/aromatic N) is 2. The Labute approximate surface area is 163 Å². The zero-order valence-corrected chi connectivity index (χ0v) is 16.6. The molecular formula is C22H33N3O2. The number of benzene rings is 1. The minimum Gasteiger partial charge on any atom is -0.340 e. The molecule has 5 nitrogen and oxygen atoms in total. The lowest BCUT2D eigenvalue weighted by molar-refractivity contribution is -0.134. The van der Waals surface area contributed by atoms with E-state index in [1.165, 1.54) is 32.1 Å². The molecule has 1 aromatic carbocycles. The third-order valence-corrected chi connectivity index (χ3v) is 5.95. The van der Waals surface area contributed by atoms with Crippen LogP contribution in [0.5, 0.6) is 0 Å². The number of rotatable bonds is 6. The maximum absolute atomic E-state index is 12.5. The lowest BCUT2D eigenvalue weighted by Crippen LogP contribution is -2.50. The van der Waals surface area contributed by atoms with Crippen LogP contribution in [0.3, 0.4) is 0 Å². The largest absolute Gasteiger partial charge is 0.340 e. The number of piperazine rings is 1. The van der Waals surface area contributed by atoms with Crippen LogP contribution in [-0.4, -0.2) is 54.3 Å². The summed E-state index contributed by atoms with van der Waals surface area (Å²) < 4.78 is 0. The smallest absolute Gasteiger partial charge is 0.238 e. The summed E-state index contributed by atoms with van der Waals surface area (Å²) >= 11 is 0. The molecule has 2 aliphatic rings. The third-order valence-electron chi connectivity index (χ3n) is 5.95. The molecule has 27 heavy (non-hydrogen) atoms.